The van der Waals surface area contributed by atoms with Crippen molar-refractivity contribution in [2.24, 2.45) is 0 Å². The number of unbranched alkanes of at least 4 members (excludes halogenated alkanes) is 5. The van der Waals surface area contributed by atoms with Crippen LogP contribution in [0.2, 0.25) is 0 Å². The molecule has 3 aliphatic rings. The molecule has 2 fully saturated rings. The molecule has 5 aromatic rings. The molecule has 3 aromatic carbocycles. The minimum absolute atomic E-state index is 0.134. The Morgan fingerprint density at radius 2 is 1.49 bits per heavy atom. The molecule has 0 bridgehead atoms. The number of nitrogens with zero attached hydrogens (tertiary/aromatic N) is 5. The molecule has 404 valence electrons. The fourth-order valence-electron chi connectivity index (χ4n) is 9.73. The summed E-state index contributed by atoms with van der Waals surface area (Å²) >= 11 is 0. The smallest absolute Gasteiger partial charge is 0.255 e. The molecule has 3 aliphatic heterocycles. The minimum atomic E-state index is -0.705. The van der Waals surface area contributed by atoms with E-state index in [-0.39, 0.29) is 49.1 Å². The number of anilines is 2. The summed E-state index contributed by atoms with van der Waals surface area (Å²) in [6.45, 7) is 7.89. The highest BCUT2D eigenvalue weighted by molar-refractivity contribution is 6.06. The second kappa shape index (κ2) is 27.6. The van der Waals surface area contributed by atoms with Gasteiger partial charge >= 0.3 is 0 Å². The zero-order valence-electron chi connectivity index (χ0n) is 43.8. The number of piperidine rings is 2. The Balaban J connectivity index is 0.616. The number of carbonyl (C=O) groups excluding carboxylic acids is 5. The molecule has 19 nitrogen and oxygen atoms in total. The molecular weight excluding hydrogens is 969 g/mol. The van der Waals surface area contributed by atoms with Crippen molar-refractivity contribution in [2.75, 3.05) is 77.0 Å². The van der Waals surface area contributed by atoms with Crippen molar-refractivity contribution in [3.8, 4) is 17.1 Å². The first-order chi connectivity index (χ1) is 37.0. The zero-order valence-corrected chi connectivity index (χ0v) is 43.8. The maximum absolute atomic E-state index is 13.5. The summed E-state index contributed by atoms with van der Waals surface area (Å²) < 4.78 is 23.1. The van der Waals surface area contributed by atoms with Gasteiger partial charge in [-0.15, -0.1) is 0 Å². The van der Waals surface area contributed by atoms with E-state index in [0.29, 0.717) is 87.3 Å². The number of ether oxygens (including phenoxy) is 4. The molecule has 8 rings (SSSR count). The van der Waals surface area contributed by atoms with Crippen molar-refractivity contribution in [2.45, 2.75) is 108 Å². The Labute approximate surface area is 444 Å². The van der Waals surface area contributed by atoms with Crippen molar-refractivity contribution < 1.29 is 42.9 Å². The molecule has 2 aromatic heterocycles. The maximum atomic E-state index is 13.5. The van der Waals surface area contributed by atoms with Crippen molar-refractivity contribution in [3.05, 3.63) is 119 Å². The zero-order chi connectivity index (χ0) is 53.1. The van der Waals surface area contributed by atoms with Crippen LogP contribution in [0.25, 0.3) is 11.4 Å². The van der Waals surface area contributed by atoms with Crippen LogP contribution in [-0.4, -0.2) is 132 Å². The molecule has 19 heteroatoms. The van der Waals surface area contributed by atoms with Crippen molar-refractivity contribution >= 4 is 40.9 Å². The number of carbonyl (C=O) groups is 5. The lowest BCUT2D eigenvalue weighted by molar-refractivity contribution is -0.137. The first-order valence-electron chi connectivity index (χ1n) is 26.8. The first kappa shape index (κ1) is 55.2. The molecule has 5 N–H and O–H groups in total. The Morgan fingerprint density at radius 3 is 2.21 bits per heavy atom. The van der Waals surface area contributed by atoms with Crippen LogP contribution >= 0.6 is 0 Å². The van der Waals surface area contributed by atoms with Crippen LogP contribution in [0.5, 0.6) is 5.75 Å². The van der Waals surface area contributed by atoms with Crippen molar-refractivity contribution in [3.63, 3.8) is 0 Å². The van der Waals surface area contributed by atoms with Gasteiger partial charge < -0.3 is 44.7 Å². The van der Waals surface area contributed by atoms with E-state index < -0.39 is 17.5 Å². The Hall–Kier alpha value is -7.06. The highest BCUT2D eigenvalue weighted by Crippen LogP contribution is 2.36. The number of fused-ring (bicyclic) bond motifs is 1. The van der Waals surface area contributed by atoms with E-state index in [0.717, 1.165) is 92.8 Å². The van der Waals surface area contributed by atoms with Crippen LogP contribution in [0.15, 0.2) is 91.3 Å². The van der Waals surface area contributed by atoms with E-state index in [9.17, 15) is 24.0 Å². The lowest BCUT2D eigenvalue weighted by atomic mass is 9.86. The number of benzene rings is 3. The van der Waals surface area contributed by atoms with Crippen LogP contribution in [-0.2, 0) is 40.7 Å². The molecule has 5 amide bonds. The number of likely N-dealkylation sites (tertiary alicyclic amines) is 1. The average Bonchev–Trinajstić information content (AvgIpc) is 4.07. The second-order valence-corrected chi connectivity index (χ2v) is 19.8. The molecule has 76 heavy (non-hydrogen) atoms. The van der Waals surface area contributed by atoms with Crippen LogP contribution in [0.1, 0.15) is 128 Å². The number of imide groups is 1. The molecule has 0 spiro atoms. The SMILES string of the molecule is C[C@@H](NC(=O)c1cccc(NC2(c3nc(-c4ccncc4)n[nH]3)CCN(C)CC2)c1)c1ccc(OCCCCCCOCCOCCOCCCCCC(=O)Nc2cccc3c2CN(C2CCC(=O)NC2=O)C3=O)cc1. The second-order valence-electron chi connectivity index (χ2n) is 19.8. The van der Waals surface area contributed by atoms with E-state index in [4.69, 9.17) is 23.9 Å². The van der Waals surface area contributed by atoms with Crippen molar-refractivity contribution in [1.29, 1.82) is 0 Å². The predicted molar refractivity (Wildman–Crippen MR) is 286 cm³/mol. The summed E-state index contributed by atoms with van der Waals surface area (Å²) in [6, 6.07) is 23.6. The van der Waals surface area contributed by atoms with Crippen LogP contribution in [0.3, 0.4) is 0 Å². The standard InChI is InChI=1S/C57H72N10O9/c1-40(59-53(70)43-12-10-13-44(38-43)63-57(25-29-66(2)30-26-57)56-62-52(64-65-56)42-23-27-58-28-24-42)41-17-19-45(20-18-41)76-33-9-4-3-7-31-73-34-36-75-37-35-74-32-8-5-6-16-50(68)60-48-15-11-14-46-47(48)39-67(55(46)72)49-21-22-51(69)61-54(49)71/h10-15,17-20,23-24,27-28,38,40,49,63H,3-9,16,21-22,25-26,29-37,39H2,1-2H3,(H,59,70)(H,60,68)(H,61,69,71)(H,62,64,65)/t40-,49?/m1/s1. The third kappa shape index (κ3) is 15.3. The number of hydrogen-bond donors (Lipinski definition) is 5. The van der Waals surface area contributed by atoms with Crippen LogP contribution < -0.4 is 26.0 Å². The van der Waals surface area contributed by atoms with Crippen molar-refractivity contribution in [1.82, 2.24) is 40.6 Å². The number of nitrogens with one attached hydrogen (secondary N) is 5. The number of hydrogen-bond acceptors (Lipinski definition) is 14. The van der Waals surface area contributed by atoms with Gasteiger partial charge in [-0.3, -0.25) is 39.4 Å². The highest BCUT2D eigenvalue weighted by atomic mass is 16.5. The summed E-state index contributed by atoms with van der Waals surface area (Å²) in [5.41, 5.74) is 4.54. The fraction of sp³-hybridized carbons (Fsp3) is 0.474. The van der Waals surface area contributed by atoms with Gasteiger partial charge in [-0.25, -0.2) is 4.98 Å². The number of pyridine rings is 1. The van der Waals surface area contributed by atoms with Gasteiger partial charge in [0.1, 0.15) is 11.8 Å². The van der Waals surface area contributed by atoms with Gasteiger partial charge in [0.15, 0.2) is 11.6 Å². The molecule has 0 radical (unpaired) electrons. The number of H-pyrrole nitrogens is 1. The average molecular weight is 1040 g/mol. The first-order valence-corrected chi connectivity index (χ1v) is 26.8. The summed E-state index contributed by atoms with van der Waals surface area (Å²) in [5.74, 6) is 0.839. The highest BCUT2D eigenvalue weighted by Gasteiger charge is 2.41. The third-order valence-corrected chi connectivity index (χ3v) is 14.2. The molecular formula is C57H72N10O9. The summed E-state index contributed by atoms with van der Waals surface area (Å²) in [6.07, 6.45) is 12.3. The number of rotatable bonds is 29. The maximum Gasteiger partial charge on any atom is 0.255 e. The monoisotopic (exact) mass is 1040 g/mol. The van der Waals surface area contributed by atoms with Crippen LogP contribution in [0.4, 0.5) is 11.4 Å². The van der Waals surface area contributed by atoms with E-state index in [2.05, 4.69) is 48.4 Å². The summed E-state index contributed by atoms with van der Waals surface area (Å²) in [7, 11) is 2.12. The predicted octanol–water partition coefficient (Wildman–Crippen LogP) is 7.34. The lowest BCUT2D eigenvalue weighted by Crippen LogP contribution is -2.52. The molecule has 1 unspecified atom stereocenters. The Bertz CT molecular complexity index is 2710. The summed E-state index contributed by atoms with van der Waals surface area (Å²) in [5, 5.41) is 19.9. The number of aromatic nitrogens is 4. The number of amides is 5. The normalized spacial score (nSPS) is 16.7. The van der Waals surface area contributed by atoms with Gasteiger partial charge in [0, 0.05) is 91.7 Å². The fourth-order valence-corrected chi connectivity index (χ4v) is 9.73. The Morgan fingerprint density at radius 1 is 0.803 bits per heavy atom. The number of aromatic amines is 1. The Kier molecular flexibility index (Phi) is 20.1. The third-order valence-electron chi connectivity index (χ3n) is 14.2. The van der Waals surface area contributed by atoms with Gasteiger partial charge in [-0.2, -0.15) is 5.10 Å². The van der Waals surface area contributed by atoms with E-state index >= 15 is 0 Å². The summed E-state index contributed by atoms with van der Waals surface area (Å²) in [4.78, 5) is 76.1. The van der Waals surface area contributed by atoms with Gasteiger partial charge in [-0.05, 0) is 125 Å². The molecule has 0 aliphatic carbocycles. The quantitative estimate of drug-likeness (QED) is 0.0233. The van der Waals surface area contributed by atoms with Gasteiger partial charge in [0.2, 0.25) is 17.7 Å². The van der Waals surface area contributed by atoms with E-state index in [1.54, 1.807) is 30.6 Å². The molecule has 2 atom stereocenters. The molecule has 2 saturated heterocycles. The minimum Gasteiger partial charge on any atom is -0.494 e. The lowest BCUT2D eigenvalue weighted by Gasteiger charge is -2.40. The topological polar surface area (TPSA) is 231 Å². The van der Waals surface area contributed by atoms with E-state index in [1.165, 1.54) is 4.90 Å². The van der Waals surface area contributed by atoms with E-state index in [1.807, 2.05) is 67.6 Å². The van der Waals surface area contributed by atoms with Gasteiger partial charge in [0.25, 0.3) is 11.8 Å². The molecule has 0 saturated carbocycles. The van der Waals surface area contributed by atoms with Gasteiger partial charge in [0.05, 0.1) is 44.6 Å². The molecule has 5 heterocycles. The van der Waals surface area contributed by atoms with Crippen LogP contribution in [0, 0.1) is 0 Å². The largest absolute Gasteiger partial charge is 0.494 e. The van der Waals surface area contributed by atoms with Gasteiger partial charge in [-0.1, -0.05) is 37.1 Å².